The molecule has 112 valence electrons. The predicted molar refractivity (Wildman–Crippen MR) is 77.2 cm³/mol. The molecule has 1 aliphatic rings. The highest BCUT2D eigenvalue weighted by Gasteiger charge is 2.33. The average molecular weight is 307 g/mol. The predicted octanol–water partition coefficient (Wildman–Crippen LogP) is 2.12. The molecule has 21 heavy (non-hydrogen) atoms. The van der Waals surface area contributed by atoms with Crippen molar-refractivity contribution in [3.8, 4) is 6.07 Å². The van der Waals surface area contributed by atoms with Crippen molar-refractivity contribution in [2.24, 2.45) is 5.92 Å². The molecule has 0 amide bonds. The van der Waals surface area contributed by atoms with Gasteiger partial charge in [0.1, 0.15) is 0 Å². The number of aliphatic carboxylic acids is 1. The maximum atomic E-state index is 12.4. The van der Waals surface area contributed by atoms with Gasteiger partial charge < -0.3 is 5.11 Å². The lowest BCUT2D eigenvalue weighted by Crippen LogP contribution is -2.30. The first kappa shape index (κ1) is 15.5. The van der Waals surface area contributed by atoms with E-state index >= 15 is 0 Å². The number of carboxylic acids is 1. The molecule has 1 aromatic rings. The third-order valence-electron chi connectivity index (χ3n) is 3.96. The third kappa shape index (κ3) is 3.82. The summed E-state index contributed by atoms with van der Waals surface area (Å²) >= 11 is 0. The number of sulfone groups is 1. The summed E-state index contributed by atoms with van der Waals surface area (Å²) < 4.78 is 24.8. The minimum Gasteiger partial charge on any atom is -0.481 e. The normalized spacial score (nSPS) is 22.4. The van der Waals surface area contributed by atoms with Gasteiger partial charge in [0.25, 0.3) is 0 Å². The fourth-order valence-corrected chi connectivity index (χ4v) is 4.62. The second kappa shape index (κ2) is 6.27. The third-order valence-corrected chi connectivity index (χ3v) is 6.18. The lowest BCUT2D eigenvalue weighted by Gasteiger charge is -2.25. The molecule has 0 aliphatic heterocycles. The van der Waals surface area contributed by atoms with Gasteiger partial charge in [0, 0.05) is 0 Å². The van der Waals surface area contributed by atoms with Crippen molar-refractivity contribution in [1.29, 1.82) is 5.26 Å². The van der Waals surface area contributed by atoms with Crippen LogP contribution in [0.1, 0.15) is 36.8 Å². The van der Waals surface area contributed by atoms with Crippen molar-refractivity contribution in [1.82, 2.24) is 0 Å². The molecule has 1 aromatic carbocycles. The van der Waals surface area contributed by atoms with Gasteiger partial charge >= 0.3 is 5.97 Å². The van der Waals surface area contributed by atoms with E-state index in [-0.39, 0.29) is 5.75 Å². The molecule has 0 atom stereocenters. The van der Waals surface area contributed by atoms with Crippen LogP contribution in [0.15, 0.2) is 24.3 Å². The Bertz CT molecular complexity index is 667. The molecular weight excluding hydrogens is 290 g/mol. The molecule has 0 radical (unpaired) electrons. The maximum absolute atomic E-state index is 12.4. The van der Waals surface area contributed by atoms with Crippen LogP contribution < -0.4 is 0 Å². The molecule has 5 nitrogen and oxygen atoms in total. The first-order valence-corrected chi connectivity index (χ1v) is 8.57. The molecular formula is C15H17NO4S. The summed E-state index contributed by atoms with van der Waals surface area (Å²) in [5.74, 6) is -1.35. The van der Waals surface area contributed by atoms with Crippen molar-refractivity contribution >= 4 is 15.8 Å². The van der Waals surface area contributed by atoms with Gasteiger partial charge in [0.15, 0.2) is 9.84 Å². The smallest absolute Gasteiger partial charge is 0.306 e. The van der Waals surface area contributed by atoms with E-state index in [0.717, 1.165) is 0 Å². The molecule has 1 N–H and O–H groups in total. The lowest BCUT2D eigenvalue weighted by molar-refractivity contribution is -0.142. The number of carbonyl (C=O) groups is 1. The van der Waals surface area contributed by atoms with Gasteiger partial charge in [-0.15, -0.1) is 0 Å². The van der Waals surface area contributed by atoms with Crippen molar-refractivity contribution in [2.45, 2.75) is 36.7 Å². The molecule has 0 aromatic heterocycles. The van der Waals surface area contributed by atoms with Crippen LogP contribution in [-0.2, 0) is 20.4 Å². The van der Waals surface area contributed by atoms with Crippen LogP contribution in [0, 0.1) is 17.2 Å². The number of carboxylic acid groups (broad SMARTS) is 1. The molecule has 0 heterocycles. The number of benzene rings is 1. The van der Waals surface area contributed by atoms with E-state index in [0.29, 0.717) is 36.8 Å². The average Bonchev–Trinajstić information content (AvgIpc) is 2.47. The fraction of sp³-hybridized carbons (Fsp3) is 0.467. The lowest BCUT2D eigenvalue weighted by atomic mass is 9.89. The Morgan fingerprint density at radius 2 is 1.95 bits per heavy atom. The highest BCUT2D eigenvalue weighted by molar-refractivity contribution is 7.91. The van der Waals surface area contributed by atoms with E-state index < -0.39 is 27.0 Å². The van der Waals surface area contributed by atoms with E-state index in [2.05, 4.69) is 0 Å². The minimum absolute atomic E-state index is 0.0923. The van der Waals surface area contributed by atoms with Crippen LogP contribution in [0.5, 0.6) is 0 Å². The zero-order chi connectivity index (χ0) is 15.5. The summed E-state index contributed by atoms with van der Waals surface area (Å²) in [5.41, 5.74) is 1.05. The molecule has 6 heteroatoms. The molecule has 1 fully saturated rings. The Kier molecular flexibility index (Phi) is 4.63. The molecule has 0 bridgehead atoms. The van der Waals surface area contributed by atoms with E-state index in [1.54, 1.807) is 24.3 Å². The fourth-order valence-electron chi connectivity index (χ4n) is 2.75. The van der Waals surface area contributed by atoms with Gasteiger partial charge in [-0.3, -0.25) is 4.79 Å². The summed E-state index contributed by atoms with van der Waals surface area (Å²) in [6, 6.07) is 8.57. The Morgan fingerprint density at radius 3 is 2.52 bits per heavy atom. The van der Waals surface area contributed by atoms with E-state index in [1.807, 2.05) is 6.07 Å². The maximum Gasteiger partial charge on any atom is 0.306 e. The Hall–Kier alpha value is -1.87. The summed E-state index contributed by atoms with van der Waals surface area (Å²) in [6.45, 7) is 0. The van der Waals surface area contributed by atoms with Crippen molar-refractivity contribution in [2.75, 3.05) is 0 Å². The van der Waals surface area contributed by atoms with Crippen LogP contribution >= 0.6 is 0 Å². The Balaban J connectivity index is 2.06. The SMILES string of the molecule is N#Cc1cccc(CS(=O)(=O)C2CCC(C(=O)O)CC2)c1. The van der Waals surface area contributed by atoms with Gasteiger partial charge in [-0.05, 0) is 43.4 Å². The highest BCUT2D eigenvalue weighted by Crippen LogP contribution is 2.30. The minimum atomic E-state index is -3.31. The molecule has 1 saturated carbocycles. The standard InChI is InChI=1S/C15H17NO4S/c16-9-11-2-1-3-12(8-11)10-21(19,20)14-6-4-13(5-7-14)15(17)18/h1-3,8,13-14H,4-7,10H2,(H,17,18). The summed E-state index contributed by atoms with van der Waals surface area (Å²) in [7, 11) is -3.31. The molecule has 0 saturated heterocycles. The van der Waals surface area contributed by atoms with Crippen LogP contribution in [0.3, 0.4) is 0 Å². The number of hydrogen-bond donors (Lipinski definition) is 1. The second-order valence-electron chi connectivity index (χ2n) is 5.43. The first-order valence-electron chi connectivity index (χ1n) is 6.86. The zero-order valence-electron chi connectivity index (χ0n) is 11.5. The summed E-state index contributed by atoms with van der Waals surface area (Å²) in [4.78, 5) is 10.9. The van der Waals surface area contributed by atoms with Gasteiger partial charge in [-0.25, -0.2) is 8.42 Å². The van der Waals surface area contributed by atoms with Gasteiger partial charge in [0.2, 0.25) is 0 Å². The summed E-state index contributed by atoms with van der Waals surface area (Å²) in [6.07, 6.45) is 1.63. The number of nitriles is 1. The quantitative estimate of drug-likeness (QED) is 0.919. The second-order valence-corrected chi connectivity index (χ2v) is 7.71. The number of hydrogen-bond acceptors (Lipinski definition) is 4. The van der Waals surface area contributed by atoms with Crippen molar-refractivity contribution < 1.29 is 18.3 Å². The number of nitrogens with zero attached hydrogens (tertiary/aromatic N) is 1. The van der Waals surface area contributed by atoms with E-state index in [1.165, 1.54) is 0 Å². The monoisotopic (exact) mass is 307 g/mol. The highest BCUT2D eigenvalue weighted by atomic mass is 32.2. The molecule has 0 unspecified atom stereocenters. The largest absolute Gasteiger partial charge is 0.481 e. The van der Waals surface area contributed by atoms with Gasteiger partial charge in [-0.2, -0.15) is 5.26 Å². The number of rotatable bonds is 4. The van der Waals surface area contributed by atoms with E-state index in [9.17, 15) is 13.2 Å². The topological polar surface area (TPSA) is 95.2 Å². The van der Waals surface area contributed by atoms with Gasteiger partial charge in [-0.1, -0.05) is 12.1 Å². The zero-order valence-corrected chi connectivity index (χ0v) is 12.3. The van der Waals surface area contributed by atoms with Gasteiger partial charge in [0.05, 0.1) is 28.6 Å². The summed E-state index contributed by atoms with van der Waals surface area (Å²) in [5, 5.41) is 17.3. The van der Waals surface area contributed by atoms with Crippen LogP contribution in [0.2, 0.25) is 0 Å². The molecule has 2 rings (SSSR count). The van der Waals surface area contributed by atoms with Crippen LogP contribution in [0.4, 0.5) is 0 Å². The van der Waals surface area contributed by atoms with Crippen LogP contribution in [0.25, 0.3) is 0 Å². The van der Waals surface area contributed by atoms with Crippen molar-refractivity contribution in [3.05, 3.63) is 35.4 Å². The molecule has 1 aliphatic carbocycles. The first-order chi connectivity index (χ1) is 9.92. The Labute approximate surface area is 124 Å². The molecule has 0 spiro atoms. The van der Waals surface area contributed by atoms with Crippen LogP contribution in [-0.4, -0.2) is 24.7 Å². The van der Waals surface area contributed by atoms with Crippen molar-refractivity contribution in [3.63, 3.8) is 0 Å². The Morgan fingerprint density at radius 1 is 1.29 bits per heavy atom. The van der Waals surface area contributed by atoms with E-state index in [4.69, 9.17) is 10.4 Å².